The number of hydrogen-bond acceptors (Lipinski definition) is 4. The summed E-state index contributed by atoms with van der Waals surface area (Å²) in [6, 6.07) is 0. The van der Waals surface area contributed by atoms with Gasteiger partial charge in [-0.05, 0) is 51.9 Å². The maximum atomic E-state index is 11.9. The van der Waals surface area contributed by atoms with Gasteiger partial charge in [0.1, 0.15) is 0 Å². The fourth-order valence-corrected chi connectivity index (χ4v) is 3.07. The predicted molar refractivity (Wildman–Crippen MR) is 73.4 cm³/mol. The highest BCUT2D eigenvalue weighted by Gasteiger charge is 2.21. The zero-order valence-corrected chi connectivity index (χ0v) is 12.2. The molecule has 1 saturated heterocycles. The lowest BCUT2D eigenvalue weighted by atomic mass is 9.98. The molecule has 0 spiro atoms. The average Bonchev–Trinajstić information content (AvgIpc) is 2.35. The van der Waals surface area contributed by atoms with Crippen molar-refractivity contribution in [2.24, 2.45) is 11.7 Å². The molecule has 0 atom stereocenters. The molecular formula is C11H26N4O2S. The highest BCUT2D eigenvalue weighted by molar-refractivity contribution is 7.87. The van der Waals surface area contributed by atoms with Crippen LogP contribution in [0, 0.1) is 5.92 Å². The van der Waals surface area contributed by atoms with Gasteiger partial charge in [0.2, 0.25) is 0 Å². The molecule has 0 aromatic heterocycles. The zero-order valence-electron chi connectivity index (χ0n) is 11.4. The fraction of sp³-hybridized carbons (Fsp3) is 1.00. The number of piperidine rings is 1. The van der Waals surface area contributed by atoms with Gasteiger partial charge in [-0.2, -0.15) is 12.7 Å². The summed E-state index contributed by atoms with van der Waals surface area (Å²) in [5, 5.41) is 0. The lowest BCUT2D eigenvalue weighted by molar-refractivity contribution is 0.220. The van der Waals surface area contributed by atoms with Crippen LogP contribution in [0.2, 0.25) is 0 Å². The average molecular weight is 278 g/mol. The molecule has 3 N–H and O–H groups in total. The molecular weight excluding hydrogens is 252 g/mol. The van der Waals surface area contributed by atoms with Crippen molar-refractivity contribution in [1.29, 1.82) is 0 Å². The lowest BCUT2D eigenvalue weighted by Crippen LogP contribution is -2.43. The molecule has 108 valence electrons. The van der Waals surface area contributed by atoms with E-state index >= 15 is 0 Å². The quantitative estimate of drug-likeness (QED) is 0.654. The summed E-state index contributed by atoms with van der Waals surface area (Å²) >= 11 is 0. The standard InChI is InChI=1S/C11H26N4O2S/c1-14-8-4-11(5-9-14)10-13-18(16,17)15(2)7-3-6-12/h11,13H,3-10,12H2,1-2H3. The summed E-state index contributed by atoms with van der Waals surface area (Å²) < 4.78 is 27.8. The van der Waals surface area contributed by atoms with Crippen LogP contribution in [0.15, 0.2) is 0 Å². The molecule has 0 aromatic rings. The molecule has 1 heterocycles. The van der Waals surface area contributed by atoms with Gasteiger partial charge in [-0.1, -0.05) is 0 Å². The van der Waals surface area contributed by atoms with Crippen LogP contribution in [0.25, 0.3) is 0 Å². The highest BCUT2D eigenvalue weighted by Crippen LogP contribution is 2.15. The van der Waals surface area contributed by atoms with Crippen molar-refractivity contribution in [1.82, 2.24) is 13.9 Å². The van der Waals surface area contributed by atoms with Crippen LogP contribution >= 0.6 is 0 Å². The third-order valence-corrected chi connectivity index (χ3v) is 5.01. The molecule has 1 aliphatic heterocycles. The van der Waals surface area contributed by atoms with Gasteiger partial charge in [0.25, 0.3) is 10.2 Å². The number of nitrogens with zero attached hydrogens (tertiary/aromatic N) is 2. The first-order valence-corrected chi connectivity index (χ1v) is 7.99. The third kappa shape index (κ3) is 5.19. The molecule has 0 aliphatic carbocycles. The van der Waals surface area contributed by atoms with Crippen molar-refractivity contribution in [2.45, 2.75) is 19.3 Å². The smallest absolute Gasteiger partial charge is 0.279 e. The van der Waals surface area contributed by atoms with E-state index in [1.165, 1.54) is 4.31 Å². The first kappa shape index (κ1) is 15.8. The largest absolute Gasteiger partial charge is 0.330 e. The second-order valence-electron chi connectivity index (χ2n) is 5.06. The Morgan fingerprint density at radius 3 is 2.56 bits per heavy atom. The number of likely N-dealkylation sites (tertiary alicyclic amines) is 1. The van der Waals surface area contributed by atoms with Gasteiger partial charge in [-0.15, -0.1) is 0 Å². The predicted octanol–water partition coefficient (Wildman–Crippen LogP) is -0.557. The van der Waals surface area contributed by atoms with Gasteiger partial charge in [-0.25, -0.2) is 4.72 Å². The van der Waals surface area contributed by atoms with Crippen molar-refractivity contribution in [2.75, 3.05) is 46.8 Å². The number of nitrogens with one attached hydrogen (secondary N) is 1. The van der Waals surface area contributed by atoms with E-state index in [0.29, 0.717) is 32.0 Å². The first-order chi connectivity index (χ1) is 8.45. The molecule has 0 saturated carbocycles. The summed E-state index contributed by atoms with van der Waals surface area (Å²) in [6.45, 7) is 3.63. The summed E-state index contributed by atoms with van der Waals surface area (Å²) in [5.74, 6) is 0.457. The Morgan fingerprint density at radius 2 is 2.00 bits per heavy atom. The first-order valence-electron chi connectivity index (χ1n) is 6.55. The highest BCUT2D eigenvalue weighted by atomic mass is 32.2. The van der Waals surface area contributed by atoms with Crippen molar-refractivity contribution in [3.8, 4) is 0 Å². The minimum absolute atomic E-state index is 0.457. The molecule has 6 nitrogen and oxygen atoms in total. The van der Waals surface area contributed by atoms with Gasteiger partial charge in [0, 0.05) is 20.1 Å². The van der Waals surface area contributed by atoms with E-state index in [-0.39, 0.29) is 0 Å². The molecule has 7 heteroatoms. The third-order valence-electron chi connectivity index (χ3n) is 3.48. The summed E-state index contributed by atoms with van der Waals surface area (Å²) in [5.41, 5.74) is 5.38. The minimum atomic E-state index is -3.33. The van der Waals surface area contributed by atoms with Gasteiger partial charge >= 0.3 is 0 Å². The number of nitrogens with two attached hydrogens (primary N) is 1. The van der Waals surface area contributed by atoms with Crippen LogP contribution < -0.4 is 10.5 Å². The molecule has 18 heavy (non-hydrogen) atoms. The Bertz CT molecular complexity index is 326. The van der Waals surface area contributed by atoms with E-state index < -0.39 is 10.2 Å². The van der Waals surface area contributed by atoms with Gasteiger partial charge < -0.3 is 10.6 Å². The van der Waals surface area contributed by atoms with E-state index in [1.54, 1.807) is 7.05 Å². The Kier molecular flexibility index (Phi) is 6.51. The maximum Gasteiger partial charge on any atom is 0.279 e. The summed E-state index contributed by atoms with van der Waals surface area (Å²) in [7, 11) is 0.357. The van der Waals surface area contributed by atoms with Crippen molar-refractivity contribution in [3.05, 3.63) is 0 Å². The van der Waals surface area contributed by atoms with Crippen LogP contribution in [0.3, 0.4) is 0 Å². The molecule has 1 aliphatic rings. The maximum absolute atomic E-state index is 11.9. The Morgan fingerprint density at radius 1 is 1.39 bits per heavy atom. The molecule has 1 rings (SSSR count). The van der Waals surface area contributed by atoms with Crippen LogP contribution in [0.1, 0.15) is 19.3 Å². The number of hydrogen-bond donors (Lipinski definition) is 2. The van der Waals surface area contributed by atoms with Gasteiger partial charge in [0.05, 0.1) is 0 Å². The lowest BCUT2D eigenvalue weighted by Gasteiger charge is -2.29. The van der Waals surface area contributed by atoms with Gasteiger partial charge in [0.15, 0.2) is 0 Å². The second-order valence-corrected chi connectivity index (χ2v) is 6.93. The Hall–Kier alpha value is -0.210. The molecule has 0 aromatic carbocycles. The van der Waals surface area contributed by atoms with Crippen molar-refractivity contribution < 1.29 is 8.42 Å². The Balaban J connectivity index is 2.32. The van der Waals surface area contributed by atoms with E-state index in [1.807, 2.05) is 0 Å². The van der Waals surface area contributed by atoms with Crippen molar-refractivity contribution in [3.63, 3.8) is 0 Å². The Labute approximate surface area is 111 Å². The number of rotatable bonds is 7. The van der Waals surface area contributed by atoms with Gasteiger partial charge in [-0.3, -0.25) is 0 Å². The summed E-state index contributed by atoms with van der Waals surface area (Å²) in [6.07, 6.45) is 2.81. The molecule has 0 amide bonds. The molecule has 1 fully saturated rings. The van der Waals surface area contributed by atoms with E-state index in [9.17, 15) is 8.42 Å². The molecule has 0 unspecified atom stereocenters. The minimum Gasteiger partial charge on any atom is -0.330 e. The SMILES string of the molecule is CN1CCC(CNS(=O)(=O)N(C)CCCN)CC1. The summed E-state index contributed by atoms with van der Waals surface area (Å²) in [4.78, 5) is 2.28. The van der Waals surface area contributed by atoms with Crippen LogP contribution in [0.5, 0.6) is 0 Å². The second kappa shape index (κ2) is 7.40. The molecule has 0 bridgehead atoms. The fourth-order valence-electron chi connectivity index (χ4n) is 2.03. The normalized spacial score (nSPS) is 19.6. The van der Waals surface area contributed by atoms with E-state index in [4.69, 9.17) is 5.73 Å². The van der Waals surface area contributed by atoms with E-state index in [0.717, 1.165) is 25.9 Å². The molecule has 0 radical (unpaired) electrons. The topological polar surface area (TPSA) is 78.7 Å². The van der Waals surface area contributed by atoms with E-state index in [2.05, 4.69) is 16.7 Å². The van der Waals surface area contributed by atoms with Crippen LogP contribution in [0.4, 0.5) is 0 Å². The monoisotopic (exact) mass is 278 g/mol. The van der Waals surface area contributed by atoms with Crippen molar-refractivity contribution >= 4 is 10.2 Å². The zero-order chi connectivity index (χ0) is 13.6. The van der Waals surface area contributed by atoms with Crippen LogP contribution in [-0.2, 0) is 10.2 Å². The van der Waals surface area contributed by atoms with Crippen LogP contribution in [-0.4, -0.2) is 64.4 Å².